The number of thioether (sulfide) groups is 1. The molecule has 6 nitrogen and oxygen atoms in total. The van der Waals surface area contributed by atoms with Crippen LogP contribution in [0.25, 0.3) is 0 Å². The van der Waals surface area contributed by atoms with Gasteiger partial charge in [-0.05, 0) is 67.4 Å². The number of hydrogen-bond donors (Lipinski definition) is 1. The van der Waals surface area contributed by atoms with Gasteiger partial charge in [-0.15, -0.1) is 11.8 Å². The summed E-state index contributed by atoms with van der Waals surface area (Å²) in [6.07, 6.45) is 0. The molecule has 2 heterocycles. The third-order valence-electron chi connectivity index (χ3n) is 6.78. The van der Waals surface area contributed by atoms with Crippen molar-refractivity contribution in [3.8, 4) is 5.75 Å². The van der Waals surface area contributed by atoms with E-state index in [4.69, 9.17) is 4.74 Å². The van der Waals surface area contributed by atoms with Gasteiger partial charge in [0, 0.05) is 29.1 Å². The first-order valence-corrected chi connectivity index (χ1v) is 12.5. The average molecular weight is 510 g/mol. The smallest absolute Gasteiger partial charge is 0.323 e. The van der Waals surface area contributed by atoms with Crippen molar-refractivity contribution in [1.82, 2.24) is 4.90 Å². The maximum absolute atomic E-state index is 14.5. The van der Waals surface area contributed by atoms with E-state index < -0.39 is 28.4 Å². The highest BCUT2D eigenvalue weighted by atomic mass is 32.2. The number of urea groups is 1. The van der Waals surface area contributed by atoms with Gasteiger partial charge >= 0.3 is 6.03 Å². The summed E-state index contributed by atoms with van der Waals surface area (Å²) in [6, 6.07) is 13.9. The molecule has 9 heteroatoms. The van der Waals surface area contributed by atoms with Gasteiger partial charge in [0.25, 0.3) is 5.91 Å². The van der Waals surface area contributed by atoms with Crippen LogP contribution in [-0.4, -0.2) is 36.2 Å². The number of rotatable bonds is 4. The van der Waals surface area contributed by atoms with Gasteiger partial charge in [-0.3, -0.25) is 9.69 Å². The number of ether oxygens (including phenoxy) is 1. The number of anilines is 2. The first-order chi connectivity index (χ1) is 17.3. The first-order valence-electron chi connectivity index (χ1n) is 11.5. The number of amides is 3. The van der Waals surface area contributed by atoms with E-state index >= 15 is 0 Å². The Kier molecular flexibility index (Phi) is 6.12. The maximum Gasteiger partial charge on any atom is 0.323 e. The Morgan fingerprint density at radius 1 is 1.08 bits per heavy atom. The van der Waals surface area contributed by atoms with Gasteiger partial charge < -0.3 is 15.0 Å². The second-order valence-corrected chi connectivity index (χ2v) is 10.1. The highest BCUT2D eigenvalue weighted by molar-refractivity contribution is 8.01. The molecule has 0 aliphatic carbocycles. The number of benzene rings is 3. The molecule has 1 spiro atoms. The SMILES string of the molecule is COc1ccc2c(c1)C1(SCCN1C(=O)Nc1ccc(C)c(C)c1)C(=O)N2Cc1c(F)cccc1F. The number of nitrogens with zero attached hydrogens (tertiary/aromatic N) is 2. The number of halogens is 2. The van der Waals surface area contributed by atoms with Crippen LogP contribution >= 0.6 is 11.8 Å². The Balaban J connectivity index is 1.56. The Bertz CT molecular complexity index is 1360. The summed E-state index contributed by atoms with van der Waals surface area (Å²) >= 11 is 1.33. The molecule has 5 rings (SSSR count). The Morgan fingerprint density at radius 3 is 2.53 bits per heavy atom. The van der Waals surface area contributed by atoms with Crippen molar-refractivity contribution < 1.29 is 23.1 Å². The summed E-state index contributed by atoms with van der Waals surface area (Å²) in [4.78, 5) is 29.1. The quantitative estimate of drug-likeness (QED) is 0.500. The second-order valence-electron chi connectivity index (χ2n) is 8.85. The predicted molar refractivity (Wildman–Crippen MR) is 136 cm³/mol. The van der Waals surface area contributed by atoms with Crippen LogP contribution in [-0.2, 0) is 16.2 Å². The molecule has 0 bridgehead atoms. The van der Waals surface area contributed by atoms with Crippen LogP contribution in [0.4, 0.5) is 25.0 Å². The fraction of sp³-hybridized carbons (Fsp3) is 0.259. The van der Waals surface area contributed by atoms with Crippen molar-refractivity contribution in [2.75, 3.05) is 29.6 Å². The molecule has 3 amide bonds. The molecule has 1 unspecified atom stereocenters. The minimum absolute atomic E-state index is 0.209. The number of carbonyl (C=O) groups excluding carboxylic acids is 2. The summed E-state index contributed by atoms with van der Waals surface area (Å²) in [5.74, 6) is -0.859. The highest BCUT2D eigenvalue weighted by Crippen LogP contribution is 2.55. The van der Waals surface area contributed by atoms with E-state index in [0.29, 0.717) is 35.0 Å². The number of aryl methyl sites for hydroxylation is 2. The van der Waals surface area contributed by atoms with Gasteiger partial charge in [-0.25, -0.2) is 13.6 Å². The zero-order chi connectivity index (χ0) is 25.6. The molecule has 0 radical (unpaired) electrons. The zero-order valence-corrected chi connectivity index (χ0v) is 20.9. The summed E-state index contributed by atoms with van der Waals surface area (Å²) < 4.78 is 34.5. The summed E-state index contributed by atoms with van der Waals surface area (Å²) in [6.45, 7) is 3.97. The largest absolute Gasteiger partial charge is 0.497 e. The second kappa shape index (κ2) is 9.13. The van der Waals surface area contributed by atoms with E-state index in [1.165, 1.54) is 34.7 Å². The molecule has 1 atom stereocenters. The minimum Gasteiger partial charge on any atom is -0.497 e. The molecule has 36 heavy (non-hydrogen) atoms. The van der Waals surface area contributed by atoms with Gasteiger partial charge in [-0.2, -0.15) is 0 Å². The monoisotopic (exact) mass is 509 g/mol. The molecule has 3 aromatic rings. The molecule has 1 fully saturated rings. The number of methoxy groups -OCH3 is 1. The van der Waals surface area contributed by atoms with Crippen LogP contribution < -0.4 is 15.0 Å². The predicted octanol–water partition coefficient (Wildman–Crippen LogP) is 5.57. The molecule has 1 saturated heterocycles. The molecule has 0 aromatic heterocycles. The van der Waals surface area contributed by atoms with Gasteiger partial charge in [0.1, 0.15) is 17.4 Å². The van der Waals surface area contributed by atoms with E-state index in [0.717, 1.165) is 23.3 Å². The van der Waals surface area contributed by atoms with Crippen LogP contribution in [0.2, 0.25) is 0 Å². The van der Waals surface area contributed by atoms with Gasteiger partial charge in [0.15, 0.2) is 4.87 Å². The van der Waals surface area contributed by atoms with Crippen molar-refractivity contribution in [1.29, 1.82) is 0 Å². The lowest BCUT2D eigenvalue weighted by molar-refractivity contribution is -0.123. The van der Waals surface area contributed by atoms with E-state index in [9.17, 15) is 18.4 Å². The molecule has 0 saturated carbocycles. The van der Waals surface area contributed by atoms with Crippen molar-refractivity contribution in [3.05, 3.63) is 88.5 Å². The number of hydrogen-bond acceptors (Lipinski definition) is 4. The standard InChI is InChI=1S/C27H25F2N3O3S/c1-16-7-8-18(13-17(16)2)30-26(34)32-11-12-36-27(32)21-14-19(35-3)9-10-24(21)31(25(27)33)15-20-22(28)5-4-6-23(20)29/h4-10,13-14H,11-12,15H2,1-3H3,(H,30,34). The van der Waals surface area contributed by atoms with Crippen LogP contribution in [0.3, 0.4) is 0 Å². The third-order valence-corrected chi connectivity index (χ3v) is 8.20. The van der Waals surface area contributed by atoms with Gasteiger partial charge in [-0.1, -0.05) is 12.1 Å². The first kappa shape index (κ1) is 24.1. The highest BCUT2D eigenvalue weighted by Gasteiger charge is 2.59. The maximum atomic E-state index is 14.5. The van der Waals surface area contributed by atoms with Crippen LogP contribution in [0.1, 0.15) is 22.3 Å². The fourth-order valence-corrected chi connectivity index (χ4v) is 6.18. The fourth-order valence-electron chi connectivity index (χ4n) is 4.73. The summed E-state index contributed by atoms with van der Waals surface area (Å²) in [5.41, 5.74) is 3.59. The Morgan fingerprint density at radius 2 is 1.83 bits per heavy atom. The van der Waals surface area contributed by atoms with E-state index in [1.54, 1.807) is 18.2 Å². The van der Waals surface area contributed by atoms with Crippen LogP contribution in [0.5, 0.6) is 5.75 Å². The molecule has 2 aliphatic heterocycles. The lowest BCUT2D eigenvalue weighted by Crippen LogP contribution is -2.51. The normalized spacial score (nSPS) is 18.6. The summed E-state index contributed by atoms with van der Waals surface area (Å²) in [5, 5.41) is 2.92. The zero-order valence-electron chi connectivity index (χ0n) is 20.1. The topological polar surface area (TPSA) is 61.9 Å². The molecule has 186 valence electrons. The van der Waals surface area contributed by atoms with Crippen LogP contribution in [0.15, 0.2) is 54.6 Å². The number of carbonyl (C=O) groups is 2. The Labute approximate surface area is 212 Å². The van der Waals surface area contributed by atoms with Crippen molar-refractivity contribution in [2.45, 2.75) is 25.3 Å². The number of nitrogens with one attached hydrogen (secondary N) is 1. The average Bonchev–Trinajstić information content (AvgIpc) is 3.40. The van der Waals surface area contributed by atoms with Crippen molar-refractivity contribution >= 4 is 35.1 Å². The third kappa shape index (κ3) is 3.78. The molecule has 1 N–H and O–H groups in total. The van der Waals surface area contributed by atoms with E-state index in [-0.39, 0.29) is 12.1 Å². The Hall–Kier alpha value is -3.59. The summed E-state index contributed by atoms with van der Waals surface area (Å²) in [7, 11) is 1.52. The van der Waals surface area contributed by atoms with Crippen molar-refractivity contribution in [2.24, 2.45) is 0 Å². The van der Waals surface area contributed by atoms with Crippen molar-refractivity contribution in [3.63, 3.8) is 0 Å². The van der Waals surface area contributed by atoms with E-state index in [1.807, 2.05) is 32.0 Å². The molecule has 2 aliphatic rings. The van der Waals surface area contributed by atoms with E-state index in [2.05, 4.69) is 5.32 Å². The molecular formula is C27H25F2N3O3S. The lowest BCUT2D eigenvalue weighted by atomic mass is 10.1. The minimum atomic E-state index is -1.38. The lowest BCUT2D eigenvalue weighted by Gasteiger charge is -2.33. The van der Waals surface area contributed by atoms with Crippen LogP contribution in [0, 0.1) is 25.5 Å². The molecule has 3 aromatic carbocycles. The van der Waals surface area contributed by atoms with Gasteiger partial charge in [0.2, 0.25) is 0 Å². The number of fused-ring (bicyclic) bond motifs is 2. The molecular weight excluding hydrogens is 484 g/mol. The van der Waals surface area contributed by atoms with Gasteiger partial charge in [0.05, 0.1) is 19.3 Å².